The van der Waals surface area contributed by atoms with Crippen molar-refractivity contribution in [2.24, 2.45) is 11.3 Å². The van der Waals surface area contributed by atoms with Crippen LogP contribution in [0.25, 0.3) is 0 Å². The van der Waals surface area contributed by atoms with Crippen LogP contribution in [0.4, 0.5) is 0 Å². The molecule has 1 fully saturated rings. The van der Waals surface area contributed by atoms with E-state index in [4.69, 9.17) is 14.2 Å². The molecule has 0 bridgehead atoms. The van der Waals surface area contributed by atoms with Gasteiger partial charge in [-0.05, 0) is 24.1 Å². The third-order valence-electron chi connectivity index (χ3n) is 4.44. The Labute approximate surface area is 121 Å². The van der Waals surface area contributed by atoms with Crippen LogP contribution in [-0.4, -0.2) is 44.3 Å². The van der Waals surface area contributed by atoms with Crippen molar-refractivity contribution in [3.05, 3.63) is 23.3 Å². The van der Waals surface area contributed by atoms with Crippen LogP contribution in [0, 0.1) is 11.3 Å². The molecule has 2 atom stereocenters. The van der Waals surface area contributed by atoms with Gasteiger partial charge in [0.15, 0.2) is 17.3 Å². The molecule has 0 saturated carbocycles. The largest absolute Gasteiger partial charge is 0.493 e. The lowest BCUT2D eigenvalue weighted by atomic mass is 9.65. The van der Waals surface area contributed by atoms with Gasteiger partial charge in [0.25, 0.3) is 0 Å². The van der Waals surface area contributed by atoms with Gasteiger partial charge in [-0.15, -0.1) is 0 Å². The van der Waals surface area contributed by atoms with Gasteiger partial charge < -0.3 is 19.3 Å². The summed E-state index contributed by atoms with van der Waals surface area (Å²) >= 11 is 0. The van der Waals surface area contributed by atoms with Gasteiger partial charge in [-0.3, -0.25) is 9.59 Å². The van der Waals surface area contributed by atoms with Crippen molar-refractivity contribution < 1.29 is 28.9 Å². The van der Waals surface area contributed by atoms with Crippen LogP contribution in [0.3, 0.4) is 0 Å². The molecule has 21 heavy (non-hydrogen) atoms. The molecule has 112 valence electrons. The number of esters is 1. The molecule has 6 nitrogen and oxygen atoms in total. The number of Topliss-reactive ketones (excluding diaryl/α,β-unsaturated/α-hetero) is 1. The summed E-state index contributed by atoms with van der Waals surface area (Å²) in [7, 11) is 3.00. The number of carbonyl (C=O) groups is 2. The minimum atomic E-state index is -1.16. The highest BCUT2D eigenvalue weighted by Crippen LogP contribution is 2.46. The molecule has 0 unspecified atom stereocenters. The number of aliphatic hydroxyl groups excluding tert-OH is 1. The van der Waals surface area contributed by atoms with E-state index in [9.17, 15) is 14.7 Å². The van der Waals surface area contributed by atoms with Crippen molar-refractivity contribution in [1.29, 1.82) is 0 Å². The Kier molecular flexibility index (Phi) is 3.13. The minimum Gasteiger partial charge on any atom is -0.493 e. The highest BCUT2D eigenvalue weighted by Gasteiger charge is 2.58. The smallest absolute Gasteiger partial charge is 0.310 e. The molecule has 0 amide bonds. The lowest BCUT2D eigenvalue weighted by Gasteiger charge is -2.34. The number of cyclic esters (lactones) is 1. The summed E-state index contributed by atoms with van der Waals surface area (Å²) in [5.74, 6) is -0.394. The first-order chi connectivity index (χ1) is 10.1. The zero-order valence-electron chi connectivity index (χ0n) is 11.8. The Hall–Kier alpha value is -2.08. The molecular formula is C15H16O6. The summed E-state index contributed by atoms with van der Waals surface area (Å²) in [6.45, 7) is -0.477. The summed E-state index contributed by atoms with van der Waals surface area (Å²) < 4.78 is 15.5. The minimum absolute atomic E-state index is 0.0698. The van der Waals surface area contributed by atoms with E-state index in [2.05, 4.69) is 0 Å². The normalized spacial score (nSPS) is 26.9. The molecule has 0 radical (unpaired) electrons. The zero-order valence-corrected chi connectivity index (χ0v) is 11.8. The summed E-state index contributed by atoms with van der Waals surface area (Å²) in [4.78, 5) is 24.6. The maximum Gasteiger partial charge on any atom is 0.310 e. The van der Waals surface area contributed by atoms with E-state index in [1.165, 1.54) is 14.2 Å². The van der Waals surface area contributed by atoms with E-state index in [-0.39, 0.29) is 12.4 Å². The molecular weight excluding hydrogens is 276 g/mol. The molecule has 1 aliphatic carbocycles. The lowest BCUT2D eigenvalue weighted by molar-refractivity contribution is -0.141. The van der Waals surface area contributed by atoms with Gasteiger partial charge in [0.05, 0.1) is 26.7 Å². The summed E-state index contributed by atoms with van der Waals surface area (Å²) in [6, 6.07) is 3.31. The topological polar surface area (TPSA) is 82.1 Å². The van der Waals surface area contributed by atoms with E-state index < -0.39 is 23.9 Å². The average Bonchev–Trinajstić information content (AvgIpc) is 2.84. The molecule has 6 heteroatoms. The van der Waals surface area contributed by atoms with Crippen molar-refractivity contribution >= 4 is 11.8 Å². The molecule has 1 aliphatic heterocycles. The highest BCUT2D eigenvalue weighted by atomic mass is 16.5. The predicted molar refractivity (Wildman–Crippen MR) is 71.5 cm³/mol. The first-order valence-electron chi connectivity index (χ1n) is 6.64. The zero-order chi connectivity index (χ0) is 15.2. The van der Waals surface area contributed by atoms with Crippen LogP contribution in [0.1, 0.15) is 15.9 Å². The fourth-order valence-electron chi connectivity index (χ4n) is 3.15. The predicted octanol–water partition coefficient (Wildman–Crippen LogP) is 0.594. The fourth-order valence-corrected chi connectivity index (χ4v) is 3.15. The molecule has 0 spiro atoms. The first kappa shape index (κ1) is 13.9. The van der Waals surface area contributed by atoms with Gasteiger partial charge >= 0.3 is 5.97 Å². The number of hydrogen-bond acceptors (Lipinski definition) is 6. The Morgan fingerprint density at radius 3 is 2.57 bits per heavy atom. The summed E-state index contributed by atoms with van der Waals surface area (Å²) in [6.07, 6.45) is 0.348. The molecule has 1 saturated heterocycles. The van der Waals surface area contributed by atoms with Gasteiger partial charge in [0.1, 0.15) is 12.0 Å². The van der Waals surface area contributed by atoms with Gasteiger partial charge in [0.2, 0.25) is 0 Å². The van der Waals surface area contributed by atoms with E-state index in [0.717, 1.165) is 0 Å². The second-order valence-corrected chi connectivity index (χ2v) is 5.37. The highest BCUT2D eigenvalue weighted by molar-refractivity contribution is 6.07. The standard InChI is InChI=1S/C15H16O6/c1-19-11-4-8-3-10-14(18)21-7-15(10,6-16)13(17)9(8)5-12(11)20-2/h4-5,10,16H,3,6-7H2,1-2H3/t10-,15-/m0/s1. The van der Waals surface area contributed by atoms with E-state index in [1.807, 2.05) is 0 Å². The number of ether oxygens (including phenoxy) is 3. The Bertz CT molecular complexity index is 623. The number of hydrogen-bond donors (Lipinski definition) is 1. The number of aliphatic hydroxyl groups is 1. The quantitative estimate of drug-likeness (QED) is 0.821. The monoisotopic (exact) mass is 292 g/mol. The number of ketones is 1. The summed E-state index contributed by atoms with van der Waals surface area (Å²) in [5, 5.41) is 9.68. The van der Waals surface area contributed by atoms with Crippen LogP contribution in [0.15, 0.2) is 12.1 Å². The van der Waals surface area contributed by atoms with Gasteiger partial charge in [-0.25, -0.2) is 0 Å². The molecule has 1 aromatic rings. The number of carbonyl (C=O) groups excluding carboxylic acids is 2. The lowest BCUT2D eigenvalue weighted by Crippen LogP contribution is -2.46. The fraction of sp³-hybridized carbons (Fsp3) is 0.467. The molecule has 1 heterocycles. The first-order valence-corrected chi connectivity index (χ1v) is 6.64. The van der Waals surface area contributed by atoms with Crippen LogP contribution >= 0.6 is 0 Å². The maximum atomic E-state index is 12.8. The number of benzene rings is 1. The van der Waals surface area contributed by atoms with Crippen LogP contribution in [-0.2, 0) is 16.0 Å². The Balaban J connectivity index is 2.16. The number of methoxy groups -OCH3 is 2. The molecule has 1 aromatic carbocycles. The van der Waals surface area contributed by atoms with Crippen molar-refractivity contribution in [2.45, 2.75) is 6.42 Å². The van der Waals surface area contributed by atoms with E-state index in [1.54, 1.807) is 12.1 Å². The van der Waals surface area contributed by atoms with Crippen LogP contribution < -0.4 is 9.47 Å². The van der Waals surface area contributed by atoms with Gasteiger partial charge in [0, 0.05) is 5.56 Å². The second kappa shape index (κ2) is 4.73. The van der Waals surface area contributed by atoms with Crippen molar-refractivity contribution in [3.63, 3.8) is 0 Å². The molecule has 0 aromatic heterocycles. The van der Waals surface area contributed by atoms with Crippen molar-refractivity contribution in [3.8, 4) is 11.5 Å². The SMILES string of the molecule is COc1cc2c(cc1OC)C(=O)[C@@]1(CO)COC(=O)[C@@H]1C2. The van der Waals surface area contributed by atoms with E-state index in [0.29, 0.717) is 29.0 Å². The molecule has 3 rings (SSSR count). The van der Waals surface area contributed by atoms with Crippen molar-refractivity contribution in [2.75, 3.05) is 27.4 Å². The second-order valence-electron chi connectivity index (χ2n) is 5.37. The number of rotatable bonds is 3. The third kappa shape index (κ3) is 1.75. The van der Waals surface area contributed by atoms with Crippen molar-refractivity contribution in [1.82, 2.24) is 0 Å². The Morgan fingerprint density at radius 1 is 1.29 bits per heavy atom. The maximum absolute atomic E-state index is 12.8. The van der Waals surface area contributed by atoms with Crippen LogP contribution in [0.5, 0.6) is 11.5 Å². The average molecular weight is 292 g/mol. The third-order valence-corrected chi connectivity index (χ3v) is 4.44. The Morgan fingerprint density at radius 2 is 1.95 bits per heavy atom. The van der Waals surface area contributed by atoms with Gasteiger partial charge in [-0.1, -0.05) is 0 Å². The van der Waals surface area contributed by atoms with Gasteiger partial charge in [-0.2, -0.15) is 0 Å². The number of fused-ring (bicyclic) bond motifs is 2. The van der Waals surface area contributed by atoms with E-state index >= 15 is 0 Å². The van der Waals surface area contributed by atoms with Crippen LogP contribution in [0.2, 0.25) is 0 Å². The summed E-state index contributed by atoms with van der Waals surface area (Å²) in [5.41, 5.74) is 0.00534. The molecule has 2 aliphatic rings. The molecule has 1 N–H and O–H groups in total.